The first-order valence-corrected chi connectivity index (χ1v) is 3.04. The van der Waals surface area contributed by atoms with Gasteiger partial charge in [0.25, 0.3) is 0 Å². The first kappa shape index (κ1) is 6.02. The van der Waals surface area contributed by atoms with Crippen molar-refractivity contribution in [3.05, 3.63) is 12.0 Å². The van der Waals surface area contributed by atoms with E-state index in [1.807, 2.05) is 0 Å². The molecule has 2 aromatic heterocycles. The number of hydrogen-bond acceptors (Lipinski definition) is 4. The molecule has 2 aromatic rings. The van der Waals surface area contributed by atoms with Crippen LogP contribution in [0.25, 0.3) is 11.5 Å². The Morgan fingerprint density at radius 2 is 2.27 bits per heavy atom. The van der Waals surface area contributed by atoms with E-state index in [4.69, 9.17) is 0 Å². The summed E-state index contributed by atoms with van der Waals surface area (Å²) in [5.74, 6) is 1.29. The van der Waals surface area contributed by atoms with Crippen LogP contribution < -0.4 is 0 Å². The fourth-order valence-electron chi connectivity index (χ4n) is 0.738. The van der Waals surface area contributed by atoms with Crippen LogP contribution >= 0.6 is 0 Å². The molecule has 0 aliphatic rings. The Balaban J connectivity index is 2.45. The number of nitrogens with one attached hydrogen (secondary N) is 2. The van der Waals surface area contributed by atoms with Crippen molar-refractivity contribution in [1.29, 1.82) is 0 Å². The lowest BCUT2D eigenvalue weighted by atomic mass is 10.5. The Morgan fingerprint density at radius 3 is 2.82 bits per heavy atom. The molecule has 6 nitrogen and oxygen atoms in total. The van der Waals surface area contributed by atoms with Gasteiger partial charge in [-0.25, -0.2) is 4.98 Å². The van der Waals surface area contributed by atoms with Gasteiger partial charge >= 0.3 is 0 Å². The number of aryl methyl sites for hydroxylation is 1. The van der Waals surface area contributed by atoms with Crippen LogP contribution in [0.1, 0.15) is 5.82 Å². The van der Waals surface area contributed by atoms with E-state index in [-0.39, 0.29) is 0 Å². The summed E-state index contributed by atoms with van der Waals surface area (Å²) >= 11 is 0. The van der Waals surface area contributed by atoms with Crippen molar-refractivity contribution < 1.29 is 0 Å². The monoisotopic (exact) mass is 149 g/mol. The summed E-state index contributed by atoms with van der Waals surface area (Å²) in [5.41, 5.74) is 0.616. The van der Waals surface area contributed by atoms with Crippen LogP contribution in [0.15, 0.2) is 0 Å². The molecule has 0 aliphatic heterocycles. The van der Waals surface area contributed by atoms with Crippen molar-refractivity contribution in [2.24, 2.45) is 0 Å². The third kappa shape index (κ3) is 0.977. The van der Waals surface area contributed by atoms with Crippen molar-refractivity contribution in [2.75, 3.05) is 0 Å². The van der Waals surface area contributed by atoms with Crippen molar-refractivity contribution in [3.8, 4) is 11.5 Å². The van der Waals surface area contributed by atoms with Gasteiger partial charge in [0.2, 0.25) is 0 Å². The Labute approximate surface area is 62.1 Å². The summed E-state index contributed by atoms with van der Waals surface area (Å²) in [4.78, 5) is 4.04. The zero-order chi connectivity index (χ0) is 7.68. The SMILES string of the molecule is Cc1n[nH]c(-c2[c]nn[nH]2)n1. The lowest BCUT2D eigenvalue weighted by Crippen LogP contribution is -1.80. The van der Waals surface area contributed by atoms with Crippen LogP contribution in [0.4, 0.5) is 0 Å². The van der Waals surface area contributed by atoms with Gasteiger partial charge in [0.1, 0.15) is 17.7 Å². The minimum Gasteiger partial charge on any atom is -0.258 e. The van der Waals surface area contributed by atoms with Crippen molar-refractivity contribution in [2.45, 2.75) is 6.92 Å². The highest BCUT2D eigenvalue weighted by Gasteiger charge is 2.03. The highest BCUT2D eigenvalue weighted by molar-refractivity contribution is 5.44. The van der Waals surface area contributed by atoms with Crippen LogP contribution in [0, 0.1) is 13.1 Å². The Morgan fingerprint density at radius 1 is 1.36 bits per heavy atom. The van der Waals surface area contributed by atoms with E-state index < -0.39 is 0 Å². The Kier molecular flexibility index (Phi) is 1.18. The maximum Gasteiger partial charge on any atom is 0.176 e. The van der Waals surface area contributed by atoms with Crippen LogP contribution in [0.3, 0.4) is 0 Å². The number of H-pyrrole nitrogens is 2. The van der Waals surface area contributed by atoms with Crippen molar-refractivity contribution in [3.63, 3.8) is 0 Å². The molecule has 0 saturated carbocycles. The number of nitrogens with zero attached hydrogens (tertiary/aromatic N) is 4. The number of aromatic amines is 2. The van der Waals surface area contributed by atoms with Gasteiger partial charge < -0.3 is 0 Å². The topological polar surface area (TPSA) is 83.1 Å². The van der Waals surface area contributed by atoms with E-state index in [9.17, 15) is 0 Å². The zero-order valence-corrected chi connectivity index (χ0v) is 5.79. The molecule has 0 aliphatic carbocycles. The lowest BCUT2D eigenvalue weighted by molar-refractivity contribution is 0.936. The average Bonchev–Trinajstić information content (AvgIpc) is 2.55. The van der Waals surface area contributed by atoms with E-state index in [0.717, 1.165) is 0 Å². The zero-order valence-electron chi connectivity index (χ0n) is 5.79. The van der Waals surface area contributed by atoms with Gasteiger partial charge in [0.15, 0.2) is 5.82 Å². The predicted octanol–water partition coefficient (Wildman–Crippen LogP) is -0.302. The molecule has 2 N–H and O–H groups in total. The highest BCUT2D eigenvalue weighted by atomic mass is 15.3. The molecule has 0 atom stereocenters. The molecule has 55 valence electrons. The molecule has 1 radical (unpaired) electrons. The largest absolute Gasteiger partial charge is 0.258 e. The van der Waals surface area contributed by atoms with Gasteiger partial charge in [-0.1, -0.05) is 5.21 Å². The second kappa shape index (κ2) is 2.15. The highest BCUT2D eigenvalue weighted by Crippen LogP contribution is 2.06. The van der Waals surface area contributed by atoms with Crippen LogP contribution in [0.5, 0.6) is 0 Å². The summed E-state index contributed by atoms with van der Waals surface area (Å²) in [5, 5.41) is 16.1. The molecule has 0 spiro atoms. The molecule has 11 heavy (non-hydrogen) atoms. The normalized spacial score (nSPS) is 10.3. The Hall–Kier alpha value is -1.72. The van der Waals surface area contributed by atoms with Crippen LogP contribution in [-0.4, -0.2) is 30.6 Å². The quantitative estimate of drug-likeness (QED) is 0.583. The fourth-order valence-corrected chi connectivity index (χ4v) is 0.738. The van der Waals surface area contributed by atoms with E-state index in [1.54, 1.807) is 6.92 Å². The van der Waals surface area contributed by atoms with E-state index in [1.165, 1.54) is 0 Å². The van der Waals surface area contributed by atoms with Gasteiger partial charge in [0, 0.05) is 0 Å². The molecule has 0 unspecified atom stereocenters. The Bertz CT molecular complexity index is 333. The summed E-state index contributed by atoms with van der Waals surface area (Å²) < 4.78 is 0. The summed E-state index contributed by atoms with van der Waals surface area (Å²) in [6, 6.07) is 0. The van der Waals surface area contributed by atoms with Gasteiger partial charge in [-0.2, -0.15) is 5.10 Å². The minimum atomic E-state index is 0.604. The number of rotatable bonds is 1. The molecule has 0 amide bonds. The van der Waals surface area contributed by atoms with Crippen LogP contribution in [-0.2, 0) is 0 Å². The fraction of sp³-hybridized carbons (Fsp3) is 0.200. The van der Waals surface area contributed by atoms with Crippen molar-refractivity contribution >= 4 is 0 Å². The molecule has 0 bridgehead atoms. The smallest absolute Gasteiger partial charge is 0.176 e. The molecule has 2 heterocycles. The van der Waals surface area contributed by atoms with E-state index >= 15 is 0 Å². The van der Waals surface area contributed by atoms with Crippen molar-refractivity contribution in [1.82, 2.24) is 30.6 Å². The molecule has 0 aromatic carbocycles. The maximum absolute atomic E-state index is 4.04. The third-order valence-corrected chi connectivity index (χ3v) is 1.21. The first-order chi connectivity index (χ1) is 5.36. The standard InChI is InChI=1S/C5H5N6/c1-3-7-5(10-8-3)4-2-6-11-9-4/h1H3,(H,6,9,11)(H,7,8,10). The van der Waals surface area contributed by atoms with Gasteiger partial charge in [-0.15, -0.1) is 5.10 Å². The minimum absolute atomic E-state index is 0.604. The number of aromatic nitrogens is 6. The molecular formula is C5H5N6. The van der Waals surface area contributed by atoms with Gasteiger partial charge in [0.05, 0.1) is 0 Å². The third-order valence-electron chi connectivity index (χ3n) is 1.21. The molecule has 0 fully saturated rings. The second-order valence-electron chi connectivity index (χ2n) is 2.03. The van der Waals surface area contributed by atoms with Gasteiger partial charge in [-0.05, 0) is 6.92 Å². The molecular weight excluding hydrogens is 144 g/mol. The van der Waals surface area contributed by atoms with E-state index in [2.05, 4.69) is 36.8 Å². The lowest BCUT2D eigenvalue weighted by Gasteiger charge is -1.82. The van der Waals surface area contributed by atoms with E-state index in [0.29, 0.717) is 17.3 Å². The average molecular weight is 149 g/mol. The molecule has 2 rings (SSSR count). The second-order valence-corrected chi connectivity index (χ2v) is 2.03. The van der Waals surface area contributed by atoms with Crippen LogP contribution in [0.2, 0.25) is 0 Å². The predicted molar refractivity (Wildman–Crippen MR) is 35.3 cm³/mol. The summed E-state index contributed by atoms with van der Waals surface area (Å²) in [6.07, 6.45) is 2.62. The summed E-state index contributed by atoms with van der Waals surface area (Å²) in [7, 11) is 0. The molecule has 6 heteroatoms. The van der Waals surface area contributed by atoms with Gasteiger partial charge in [-0.3, -0.25) is 10.2 Å². The molecule has 0 saturated heterocycles. The summed E-state index contributed by atoms with van der Waals surface area (Å²) in [6.45, 7) is 1.80. The maximum atomic E-state index is 4.04. The number of hydrogen-bond donors (Lipinski definition) is 2. The first-order valence-electron chi connectivity index (χ1n) is 3.04.